The van der Waals surface area contributed by atoms with Gasteiger partial charge in [-0.15, -0.1) is 0 Å². The summed E-state index contributed by atoms with van der Waals surface area (Å²) < 4.78 is 26.2. The molecule has 0 spiro atoms. The van der Waals surface area contributed by atoms with E-state index in [1.54, 1.807) is 31.2 Å². The minimum absolute atomic E-state index is 0.0837. The number of benzene rings is 2. The van der Waals surface area contributed by atoms with Crippen LogP contribution < -0.4 is 19.8 Å². The van der Waals surface area contributed by atoms with Gasteiger partial charge in [0.05, 0.1) is 21.3 Å². The molecule has 0 aliphatic heterocycles. The van der Waals surface area contributed by atoms with Crippen molar-refractivity contribution >= 4 is 22.9 Å². The first-order valence-corrected chi connectivity index (χ1v) is 9.45. The summed E-state index contributed by atoms with van der Waals surface area (Å²) in [5.74, 6) is -0.404. The van der Waals surface area contributed by atoms with Gasteiger partial charge in [-0.05, 0) is 42.7 Å². The molecule has 1 aromatic heterocycles. The van der Waals surface area contributed by atoms with Crippen LogP contribution in [0.25, 0.3) is 11.0 Å². The van der Waals surface area contributed by atoms with Crippen LogP contribution in [0.15, 0.2) is 45.6 Å². The van der Waals surface area contributed by atoms with Crippen molar-refractivity contribution in [2.45, 2.75) is 19.8 Å². The highest BCUT2D eigenvalue weighted by atomic mass is 16.5. The Labute approximate surface area is 178 Å². The number of hydrogen-bond acceptors (Lipinski definition) is 8. The molecule has 8 nitrogen and oxygen atoms in total. The molecule has 0 N–H and O–H groups in total. The number of ether oxygens (including phenoxy) is 4. The van der Waals surface area contributed by atoms with Gasteiger partial charge in [0, 0.05) is 23.9 Å². The molecule has 162 valence electrons. The van der Waals surface area contributed by atoms with Crippen molar-refractivity contribution in [1.29, 1.82) is 0 Å². The van der Waals surface area contributed by atoms with Gasteiger partial charge in [0.25, 0.3) is 0 Å². The molecule has 0 atom stereocenters. The van der Waals surface area contributed by atoms with Crippen LogP contribution >= 0.6 is 0 Å². The number of carbonyl (C=O) groups excluding carboxylic acids is 2. The summed E-state index contributed by atoms with van der Waals surface area (Å²) in [6.45, 7) is 1.77. The molecule has 8 heteroatoms. The standard InChI is InChI=1S/C23H22O8/c1-13-10-21(25)30-19-12-18(14(11-15(13)19)8-9-20(24)29-4)31-23(26)22-16(27-2)6-5-7-17(22)28-3/h5-7,10-12H,8-9H2,1-4H3. The van der Waals surface area contributed by atoms with E-state index in [0.717, 1.165) is 0 Å². The SMILES string of the molecule is COC(=O)CCc1cc2c(C)cc(=O)oc2cc1OC(=O)c1c(OC)cccc1OC. The predicted molar refractivity (Wildman–Crippen MR) is 112 cm³/mol. The van der Waals surface area contributed by atoms with Gasteiger partial charge in [-0.1, -0.05) is 6.07 Å². The minimum atomic E-state index is -0.719. The van der Waals surface area contributed by atoms with Gasteiger partial charge < -0.3 is 23.4 Å². The Bertz CT molecular complexity index is 1170. The van der Waals surface area contributed by atoms with Crippen molar-refractivity contribution in [3.63, 3.8) is 0 Å². The number of aryl methyl sites for hydroxylation is 2. The van der Waals surface area contributed by atoms with Crippen molar-refractivity contribution in [2.75, 3.05) is 21.3 Å². The predicted octanol–water partition coefficient (Wildman–Crippen LogP) is 3.44. The van der Waals surface area contributed by atoms with Gasteiger partial charge in [-0.25, -0.2) is 9.59 Å². The quantitative estimate of drug-likeness (QED) is 0.322. The summed E-state index contributed by atoms with van der Waals surface area (Å²) in [4.78, 5) is 36.5. The molecule has 1 heterocycles. The molecule has 2 aromatic carbocycles. The number of fused-ring (bicyclic) bond motifs is 1. The summed E-state index contributed by atoms with van der Waals surface area (Å²) in [5.41, 5.74) is 1.14. The Kier molecular flexibility index (Phi) is 6.59. The fraction of sp³-hybridized carbons (Fsp3) is 0.261. The molecule has 0 aliphatic rings. The fourth-order valence-electron chi connectivity index (χ4n) is 3.22. The molecule has 0 bridgehead atoms. The van der Waals surface area contributed by atoms with Gasteiger partial charge >= 0.3 is 17.6 Å². The van der Waals surface area contributed by atoms with E-state index in [-0.39, 0.29) is 41.2 Å². The van der Waals surface area contributed by atoms with Crippen molar-refractivity contribution in [3.8, 4) is 17.2 Å². The third-order valence-electron chi connectivity index (χ3n) is 4.79. The van der Waals surface area contributed by atoms with Crippen molar-refractivity contribution in [3.05, 3.63) is 63.5 Å². The van der Waals surface area contributed by atoms with Gasteiger partial charge in [-0.3, -0.25) is 4.79 Å². The Balaban J connectivity index is 2.08. The molecule has 0 unspecified atom stereocenters. The van der Waals surface area contributed by atoms with Crippen LogP contribution in [0, 0.1) is 6.92 Å². The van der Waals surface area contributed by atoms with Crippen molar-refractivity contribution in [2.24, 2.45) is 0 Å². The van der Waals surface area contributed by atoms with E-state index in [1.807, 2.05) is 0 Å². The molecule has 0 saturated carbocycles. The minimum Gasteiger partial charge on any atom is -0.496 e. The second-order valence-corrected chi connectivity index (χ2v) is 6.71. The smallest absolute Gasteiger partial charge is 0.351 e. The van der Waals surface area contributed by atoms with Gasteiger partial charge in [0.1, 0.15) is 28.4 Å². The van der Waals surface area contributed by atoms with Crippen LogP contribution in [0.2, 0.25) is 0 Å². The summed E-state index contributed by atoms with van der Waals surface area (Å²) >= 11 is 0. The molecule has 0 radical (unpaired) electrons. The average Bonchev–Trinajstić information content (AvgIpc) is 2.76. The van der Waals surface area contributed by atoms with Crippen LogP contribution in [0.3, 0.4) is 0 Å². The zero-order chi connectivity index (χ0) is 22.5. The highest BCUT2D eigenvalue weighted by Crippen LogP contribution is 2.33. The van der Waals surface area contributed by atoms with E-state index in [9.17, 15) is 14.4 Å². The Hall–Kier alpha value is -3.81. The highest BCUT2D eigenvalue weighted by molar-refractivity contribution is 5.97. The van der Waals surface area contributed by atoms with Crippen molar-refractivity contribution < 1.29 is 33.0 Å². The molecule has 0 amide bonds. The number of methoxy groups -OCH3 is 3. The summed E-state index contributed by atoms with van der Waals surface area (Å²) in [5, 5.41) is 0.675. The highest BCUT2D eigenvalue weighted by Gasteiger charge is 2.22. The lowest BCUT2D eigenvalue weighted by Crippen LogP contribution is -2.13. The second kappa shape index (κ2) is 9.34. The number of esters is 2. The summed E-state index contributed by atoms with van der Waals surface area (Å²) in [6.07, 6.45) is 0.340. The zero-order valence-corrected chi connectivity index (χ0v) is 17.6. The maximum Gasteiger partial charge on any atom is 0.351 e. The lowest BCUT2D eigenvalue weighted by Gasteiger charge is -2.15. The third-order valence-corrected chi connectivity index (χ3v) is 4.79. The largest absolute Gasteiger partial charge is 0.496 e. The van der Waals surface area contributed by atoms with Crippen LogP contribution in [0.1, 0.15) is 27.9 Å². The Morgan fingerprint density at radius 2 is 1.65 bits per heavy atom. The second-order valence-electron chi connectivity index (χ2n) is 6.71. The van der Waals surface area contributed by atoms with Crippen LogP contribution in [0.5, 0.6) is 17.2 Å². The molecule has 0 saturated heterocycles. The van der Waals surface area contributed by atoms with E-state index in [4.69, 9.17) is 23.4 Å². The van der Waals surface area contributed by atoms with Crippen LogP contribution in [-0.4, -0.2) is 33.3 Å². The average molecular weight is 426 g/mol. The van der Waals surface area contributed by atoms with E-state index >= 15 is 0 Å². The number of rotatable bonds is 7. The van der Waals surface area contributed by atoms with Crippen LogP contribution in [0.4, 0.5) is 0 Å². The topological polar surface area (TPSA) is 101 Å². The van der Waals surface area contributed by atoms with Gasteiger partial charge in [-0.2, -0.15) is 0 Å². The third kappa shape index (κ3) is 4.69. The van der Waals surface area contributed by atoms with E-state index < -0.39 is 17.6 Å². The van der Waals surface area contributed by atoms with E-state index in [2.05, 4.69) is 0 Å². The first-order chi connectivity index (χ1) is 14.9. The lowest BCUT2D eigenvalue weighted by molar-refractivity contribution is -0.140. The molecule has 3 rings (SSSR count). The van der Waals surface area contributed by atoms with Crippen LogP contribution in [-0.2, 0) is 16.0 Å². The van der Waals surface area contributed by atoms with Gasteiger partial charge in [0.2, 0.25) is 0 Å². The molecule has 3 aromatic rings. The molecule has 0 aliphatic carbocycles. The zero-order valence-electron chi connectivity index (χ0n) is 17.6. The Morgan fingerprint density at radius 3 is 2.26 bits per heavy atom. The maximum absolute atomic E-state index is 13.0. The fourth-order valence-corrected chi connectivity index (χ4v) is 3.22. The van der Waals surface area contributed by atoms with E-state index in [1.165, 1.54) is 33.5 Å². The molecule has 0 fully saturated rings. The first-order valence-electron chi connectivity index (χ1n) is 9.45. The molecule has 31 heavy (non-hydrogen) atoms. The number of carbonyl (C=O) groups is 2. The normalized spacial score (nSPS) is 10.6. The van der Waals surface area contributed by atoms with E-state index in [0.29, 0.717) is 16.5 Å². The number of hydrogen-bond donors (Lipinski definition) is 0. The Morgan fingerprint density at radius 1 is 0.968 bits per heavy atom. The lowest BCUT2D eigenvalue weighted by atomic mass is 10.0. The first kappa shape index (κ1) is 21.9. The summed E-state index contributed by atoms with van der Waals surface area (Å²) in [6, 6.07) is 9.48. The monoisotopic (exact) mass is 426 g/mol. The maximum atomic E-state index is 13.0. The van der Waals surface area contributed by atoms with Gasteiger partial charge in [0.15, 0.2) is 0 Å². The summed E-state index contributed by atoms with van der Waals surface area (Å²) in [7, 11) is 4.16. The van der Waals surface area contributed by atoms with Crippen molar-refractivity contribution in [1.82, 2.24) is 0 Å². The molecular weight excluding hydrogens is 404 g/mol. The molecular formula is C23H22O8.